The summed E-state index contributed by atoms with van der Waals surface area (Å²) in [6, 6.07) is 15.1. The first-order valence-electron chi connectivity index (χ1n) is 6.65. The summed E-state index contributed by atoms with van der Waals surface area (Å²) in [5.41, 5.74) is 2.87. The zero-order chi connectivity index (χ0) is 15.7. The Morgan fingerprint density at radius 3 is 2.36 bits per heavy atom. The number of carbonyl (C=O) groups excluding carboxylic acids is 1. The van der Waals surface area contributed by atoms with E-state index >= 15 is 0 Å². The molecule has 0 saturated carbocycles. The molecule has 0 unspecified atom stereocenters. The summed E-state index contributed by atoms with van der Waals surface area (Å²) in [6.45, 7) is 2.01. The maximum absolute atomic E-state index is 12.6. The Balaban J connectivity index is 1.91. The van der Waals surface area contributed by atoms with Crippen LogP contribution in [0.3, 0.4) is 0 Å². The van der Waals surface area contributed by atoms with Crippen LogP contribution >= 0.6 is 35.6 Å². The van der Waals surface area contributed by atoms with Gasteiger partial charge in [-0.05, 0) is 42.8 Å². The number of hydrogen-bond acceptors (Lipinski definition) is 3. The Morgan fingerprint density at radius 2 is 1.73 bits per heavy atom. The molecule has 0 atom stereocenters. The highest BCUT2D eigenvalue weighted by molar-refractivity contribution is 8.27. The normalized spacial score (nSPS) is 16.6. The Morgan fingerprint density at radius 1 is 1.09 bits per heavy atom. The van der Waals surface area contributed by atoms with Crippen molar-refractivity contribution in [2.24, 2.45) is 0 Å². The molecule has 0 aliphatic carbocycles. The second kappa shape index (κ2) is 6.24. The minimum absolute atomic E-state index is 0.0891. The number of hydrogen-bond donors (Lipinski definition) is 0. The van der Waals surface area contributed by atoms with Gasteiger partial charge in [0.25, 0.3) is 5.91 Å². The van der Waals surface area contributed by atoms with Crippen molar-refractivity contribution in [2.75, 3.05) is 4.90 Å². The second-order valence-corrected chi connectivity index (χ2v) is 7.02. The van der Waals surface area contributed by atoms with Gasteiger partial charge in [-0.2, -0.15) is 0 Å². The monoisotopic (exact) mass is 345 g/mol. The van der Waals surface area contributed by atoms with Gasteiger partial charge in [-0.15, -0.1) is 0 Å². The second-order valence-electron chi connectivity index (χ2n) is 4.90. The molecule has 2 aromatic rings. The number of anilines is 1. The number of halogens is 1. The van der Waals surface area contributed by atoms with Gasteiger partial charge in [0.1, 0.15) is 0 Å². The van der Waals surface area contributed by atoms with Crippen LogP contribution in [0.1, 0.15) is 11.1 Å². The van der Waals surface area contributed by atoms with Gasteiger partial charge < -0.3 is 0 Å². The third-order valence-corrected chi connectivity index (χ3v) is 4.81. The predicted molar refractivity (Wildman–Crippen MR) is 98.3 cm³/mol. The molecular weight excluding hydrogens is 334 g/mol. The van der Waals surface area contributed by atoms with Gasteiger partial charge in [-0.25, -0.2) is 0 Å². The van der Waals surface area contributed by atoms with Crippen molar-refractivity contribution in [3.05, 3.63) is 69.6 Å². The van der Waals surface area contributed by atoms with Gasteiger partial charge in [-0.3, -0.25) is 9.69 Å². The first-order valence-corrected chi connectivity index (χ1v) is 8.25. The molecule has 1 aliphatic rings. The molecule has 1 aliphatic heterocycles. The number of amides is 1. The molecule has 3 rings (SSSR count). The van der Waals surface area contributed by atoms with Crippen LogP contribution in [0, 0.1) is 6.92 Å². The van der Waals surface area contributed by atoms with Crippen LogP contribution in [0.15, 0.2) is 53.4 Å². The van der Waals surface area contributed by atoms with Gasteiger partial charge in [0, 0.05) is 5.02 Å². The van der Waals surface area contributed by atoms with Crippen molar-refractivity contribution in [2.45, 2.75) is 6.92 Å². The zero-order valence-corrected chi connectivity index (χ0v) is 14.1. The maximum atomic E-state index is 12.6. The van der Waals surface area contributed by atoms with E-state index in [0.29, 0.717) is 14.2 Å². The molecule has 0 aromatic heterocycles. The first kappa shape index (κ1) is 15.3. The summed E-state index contributed by atoms with van der Waals surface area (Å²) in [5.74, 6) is -0.0891. The number of aryl methyl sites for hydroxylation is 1. The lowest BCUT2D eigenvalue weighted by Gasteiger charge is -2.14. The lowest BCUT2D eigenvalue weighted by molar-refractivity contribution is -0.113. The van der Waals surface area contributed by atoms with Gasteiger partial charge in [0.05, 0.1) is 10.6 Å². The fourth-order valence-electron chi connectivity index (χ4n) is 2.09. The van der Waals surface area contributed by atoms with Crippen LogP contribution < -0.4 is 4.90 Å². The summed E-state index contributed by atoms with van der Waals surface area (Å²) in [6.07, 6.45) is 1.84. The van der Waals surface area contributed by atoms with Crippen LogP contribution in [0.4, 0.5) is 5.69 Å². The third kappa shape index (κ3) is 3.09. The third-order valence-electron chi connectivity index (χ3n) is 3.25. The van der Waals surface area contributed by atoms with Gasteiger partial charge in [0.2, 0.25) is 0 Å². The van der Waals surface area contributed by atoms with E-state index in [4.69, 9.17) is 23.8 Å². The SMILES string of the molecule is Cc1ccc(N2C(=O)/C(=C/c3ccc(Cl)cc3)SC2=S)cc1. The Bertz CT molecular complexity index is 766. The van der Waals surface area contributed by atoms with Crippen molar-refractivity contribution >= 4 is 57.6 Å². The van der Waals surface area contributed by atoms with E-state index in [2.05, 4.69) is 0 Å². The topological polar surface area (TPSA) is 20.3 Å². The molecule has 1 heterocycles. The quantitative estimate of drug-likeness (QED) is 0.561. The van der Waals surface area contributed by atoms with E-state index in [9.17, 15) is 4.79 Å². The number of thiocarbonyl (C=S) groups is 1. The molecule has 22 heavy (non-hydrogen) atoms. The Labute approximate surface area is 143 Å². The zero-order valence-electron chi connectivity index (χ0n) is 11.7. The molecule has 1 saturated heterocycles. The van der Waals surface area contributed by atoms with Crippen LogP contribution in [-0.2, 0) is 4.79 Å². The molecule has 2 aromatic carbocycles. The minimum Gasteiger partial charge on any atom is -0.268 e. The van der Waals surface area contributed by atoms with E-state index < -0.39 is 0 Å². The molecule has 0 bridgehead atoms. The van der Waals surface area contributed by atoms with E-state index in [1.807, 2.05) is 49.4 Å². The fraction of sp³-hybridized carbons (Fsp3) is 0.0588. The van der Waals surface area contributed by atoms with Crippen molar-refractivity contribution in [1.82, 2.24) is 0 Å². The fourth-order valence-corrected chi connectivity index (χ4v) is 3.52. The molecule has 0 radical (unpaired) electrons. The van der Waals surface area contributed by atoms with Crippen molar-refractivity contribution < 1.29 is 4.79 Å². The summed E-state index contributed by atoms with van der Waals surface area (Å²) < 4.78 is 0.550. The van der Waals surface area contributed by atoms with Gasteiger partial charge in [0.15, 0.2) is 4.32 Å². The molecule has 5 heteroatoms. The first-order chi connectivity index (χ1) is 10.5. The smallest absolute Gasteiger partial charge is 0.268 e. The maximum Gasteiger partial charge on any atom is 0.270 e. The lowest BCUT2D eigenvalue weighted by Crippen LogP contribution is -2.27. The molecule has 1 fully saturated rings. The highest BCUT2D eigenvalue weighted by Gasteiger charge is 2.33. The average molecular weight is 346 g/mol. The van der Waals surface area contributed by atoms with Crippen molar-refractivity contribution in [1.29, 1.82) is 0 Å². The molecule has 1 amide bonds. The summed E-state index contributed by atoms with van der Waals surface area (Å²) in [7, 11) is 0. The van der Waals surface area contributed by atoms with Crippen LogP contribution in [-0.4, -0.2) is 10.2 Å². The summed E-state index contributed by atoms with van der Waals surface area (Å²) in [4.78, 5) is 14.8. The lowest BCUT2D eigenvalue weighted by atomic mass is 10.2. The van der Waals surface area contributed by atoms with Gasteiger partial charge >= 0.3 is 0 Å². The summed E-state index contributed by atoms with van der Waals surface area (Å²) >= 11 is 12.5. The molecule has 0 spiro atoms. The van der Waals surface area contributed by atoms with Gasteiger partial charge in [-0.1, -0.05) is 65.4 Å². The standard InChI is InChI=1S/C17H12ClNOS2/c1-11-2-8-14(9-3-11)19-16(20)15(22-17(19)21)10-12-4-6-13(18)7-5-12/h2-10H,1H3/b15-10-. The van der Waals surface area contributed by atoms with Crippen LogP contribution in [0.5, 0.6) is 0 Å². The molecule has 0 N–H and O–H groups in total. The Kier molecular flexibility index (Phi) is 4.34. The molecule has 110 valence electrons. The van der Waals surface area contributed by atoms with Crippen LogP contribution in [0.2, 0.25) is 5.02 Å². The van der Waals surface area contributed by atoms with Crippen LogP contribution in [0.25, 0.3) is 6.08 Å². The number of rotatable bonds is 2. The number of carbonyl (C=O) groups is 1. The average Bonchev–Trinajstić information content (AvgIpc) is 2.77. The van der Waals surface area contributed by atoms with Crippen molar-refractivity contribution in [3.63, 3.8) is 0 Å². The molecular formula is C17H12ClNOS2. The van der Waals surface area contributed by atoms with E-state index in [-0.39, 0.29) is 5.91 Å². The van der Waals surface area contributed by atoms with E-state index in [1.54, 1.807) is 17.0 Å². The minimum atomic E-state index is -0.0891. The van der Waals surface area contributed by atoms with Crippen molar-refractivity contribution in [3.8, 4) is 0 Å². The highest BCUT2D eigenvalue weighted by Crippen LogP contribution is 2.36. The van der Waals surface area contributed by atoms with E-state index in [0.717, 1.165) is 16.8 Å². The highest BCUT2D eigenvalue weighted by atomic mass is 35.5. The number of nitrogens with zero attached hydrogens (tertiary/aromatic N) is 1. The summed E-state index contributed by atoms with van der Waals surface area (Å²) in [5, 5.41) is 0.671. The predicted octanol–water partition coefficient (Wildman–Crippen LogP) is 5.05. The largest absolute Gasteiger partial charge is 0.270 e. The Hall–Kier alpha value is -1.62. The molecule has 2 nitrogen and oxygen atoms in total. The number of benzene rings is 2. The van der Waals surface area contributed by atoms with E-state index in [1.165, 1.54) is 11.8 Å². The number of thioether (sulfide) groups is 1.